The Morgan fingerprint density at radius 3 is 2.92 bits per heavy atom. The molecule has 72 valence electrons. The molecule has 13 heavy (non-hydrogen) atoms. The number of rotatable bonds is 1. The lowest BCUT2D eigenvalue weighted by molar-refractivity contribution is 0.532. The molecule has 3 heteroatoms. The second-order valence-electron chi connectivity index (χ2n) is 3.69. The van der Waals surface area contributed by atoms with Crippen LogP contribution in [-0.2, 0) is 0 Å². The summed E-state index contributed by atoms with van der Waals surface area (Å²) in [5, 5.41) is 6.32. The van der Waals surface area contributed by atoms with Crippen molar-refractivity contribution in [1.82, 2.24) is 5.32 Å². The van der Waals surface area contributed by atoms with Gasteiger partial charge in [0.2, 0.25) is 0 Å². The summed E-state index contributed by atoms with van der Waals surface area (Å²) in [6.45, 7) is 5.67. The maximum atomic E-state index is 3.59. The second kappa shape index (κ2) is 4.03. The Morgan fingerprint density at radius 2 is 2.38 bits per heavy atom. The molecule has 0 bridgehead atoms. The van der Waals surface area contributed by atoms with Gasteiger partial charge >= 0.3 is 0 Å². The number of hydrogen-bond acceptors (Lipinski definition) is 3. The minimum atomic E-state index is 0.552. The van der Waals surface area contributed by atoms with Gasteiger partial charge in [-0.05, 0) is 42.1 Å². The molecule has 2 atom stereocenters. The van der Waals surface area contributed by atoms with Gasteiger partial charge in [-0.25, -0.2) is 0 Å². The van der Waals surface area contributed by atoms with Crippen molar-refractivity contribution in [2.75, 3.05) is 12.3 Å². The Bertz CT molecular complexity index is 274. The molecule has 2 rings (SSSR count). The predicted molar refractivity (Wildman–Crippen MR) is 61.4 cm³/mol. The van der Waals surface area contributed by atoms with Crippen LogP contribution in [0.4, 0.5) is 0 Å². The van der Waals surface area contributed by atoms with Crippen LogP contribution in [0.3, 0.4) is 0 Å². The fraction of sp³-hybridized carbons (Fsp3) is 0.600. The van der Waals surface area contributed by atoms with Crippen molar-refractivity contribution < 1.29 is 0 Å². The number of aryl methyl sites for hydroxylation is 1. The molecular formula is C10H15NS2. The predicted octanol–water partition coefficient (Wildman–Crippen LogP) is 3.03. The lowest BCUT2D eigenvalue weighted by atomic mass is 10.2. The Balaban J connectivity index is 2.06. The Labute approximate surface area is 87.9 Å². The third kappa shape index (κ3) is 2.09. The highest BCUT2D eigenvalue weighted by molar-refractivity contribution is 7.99. The molecule has 2 heterocycles. The third-order valence-corrected chi connectivity index (χ3v) is 5.07. The largest absolute Gasteiger partial charge is 0.301 e. The van der Waals surface area contributed by atoms with Crippen molar-refractivity contribution in [1.29, 1.82) is 0 Å². The summed E-state index contributed by atoms with van der Waals surface area (Å²) >= 11 is 3.92. The highest BCUT2D eigenvalue weighted by atomic mass is 32.2. The average Bonchev–Trinajstić information content (AvgIpc) is 2.53. The van der Waals surface area contributed by atoms with Gasteiger partial charge in [0.1, 0.15) is 0 Å². The summed E-state index contributed by atoms with van der Waals surface area (Å²) in [5.41, 5.74) is 1.43. The molecule has 1 aromatic heterocycles. The fourth-order valence-electron chi connectivity index (χ4n) is 1.51. The van der Waals surface area contributed by atoms with Gasteiger partial charge < -0.3 is 5.32 Å². The first-order chi connectivity index (χ1) is 6.27. The topological polar surface area (TPSA) is 12.0 Å². The van der Waals surface area contributed by atoms with Crippen LogP contribution in [0.2, 0.25) is 0 Å². The number of thioether (sulfide) groups is 1. The minimum absolute atomic E-state index is 0.552. The van der Waals surface area contributed by atoms with Gasteiger partial charge in [0.25, 0.3) is 0 Å². The zero-order chi connectivity index (χ0) is 9.26. The van der Waals surface area contributed by atoms with E-state index in [9.17, 15) is 0 Å². The highest BCUT2D eigenvalue weighted by Crippen LogP contribution is 2.35. The van der Waals surface area contributed by atoms with E-state index in [0.29, 0.717) is 5.37 Å². The SMILES string of the molecule is Cc1ccsc1C1NCC(C)CS1. The number of hydrogen-bond donors (Lipinski definition) is 1. The Morgan fingerprint density at radius 1 is 1.54 bits per heavy atom. The quantitative estimate of drug-likeness (QED) is 0.769. The van der Waals surface area contributed by atoms with Gasteiger partial charge in [0.15, 0.2) is 0 Å². The maximum Gasteiger partial charge on any atom is 0.0885 e. The zero-order valence-corrected chi connectivity index (χ0v) is 9.67. The summed E-state index contributed by atoms with van der Waals surface area (Å²) in [4.78, 5) is 1.51. The van der Waals surface area contributed by atoms with Crippen molar-refractivity contribution in [2.45, 2.75) is 19.2 Å². The molecule has 2 unspecified atom stereocenters. The van der Waals surface area contributed by atoms with Gasteiger partial charge in [-0.15, -0.1) is 23.1 Å². The summed E-state index contributed by atoms with van der Waals surface area (Å²) in [7, 11) is 0. The minimum Gasteiger partial charge on any atom is -0.301 e. The normalized spacial score (nSPS) is 29.1. The van der Waals surface area contributed by atoms with Crippen LogP contribution in [0.15, 0.2) is 11.4 Å². The van der Waals surface area contributed by atoms with Crippen LogP contribution in [0, 0.1) is 12.8 Å². The van der Waals surface area contributed by atoms with Crippen LogP contribution >= 0.6 is 23.1 Å². The van der Waals surface area contributed by atoms with Crippen LogP contribution in [0.25, 0.3) is 0 Å². The van der Waals surface area contributed by atoms with E-state index in [2.05, 4.69) is 30.6 Å². The van der Waals surface area contributed by atoms with Gasteiger partial charge in [0, 0.05) is 4.88 Å². The lowest BCUT2D eigenvalue weighted by Crippen LogP contribution is -2.30. The molecule has 0 saturated carbocycles. The van der Waals surface area contributed by atoms with Crippen molar-refractivity contribution in [3.63, 3.8) is 0 Å². The molecule has 0 spiro atoms. The second-order valence-corrected chi connectivity index (χ2v) is 5.78. The van der Waals surface area contributed by atoms with Gasteiger partial charge in [-0.1, -0.05) is 6.92 Å². The summed E-state index contributed by atoms with van der Waals surface area (Å²) in [6, 6.07) is 2.21. The van der Waals surface area contributed by atoms with Gasteiger partial charge in [0.05, 0.1) is 5.37 Å². The molecule has 1 aliphatic rings. The zero-order valence-electron chi connectivity index (χ0n) is 8.04. The monoisotopic (exact) mass is 213 g/mol. The van der Waals surface area contributed by atoms with Crippen LogP contribution in [0.1, 0.15) is 22.7 Å². The van der Waals surface area contributed by atoms with Gasteiger partial charge in [-0.2, -0.15) is 0 Å². The van der Waals surface area contributed by atoms with E-state index in [1.54, 1.807) is 0 Å². The fourth-order valence-corrected chi connectivity index (χ4v) is 3.95. The molecular weight excluding hydrogens is 198 g/mol. The molecule has 0 aliphatic carbocycles. The third-order valence-electron chi connectivity index (χ3n) is 2.34. The molecule has 1 saturated heterocycles. The van der Waals surface area contributed by atoms with E-state index in [1.165, 1.54) is 16.2 Å². The van der Waals surface area contributed by atoms with E-state index < -0.39 is 0 Å². The first-order valence-electron chi connectivity index (χ1n) is 4.66. The molecule has 0 radical (unpaired) electrons. The molecule has 1 fully saturated rings. The molecule has 1 aliphatic heterocycles. The molecule has 1 N–H and O–H groups in total. The molecule has 0 amide bonds. The summed E-state index contributed by atoms with van der Waals surface area (Å²) in [5.74, 6) is 2.11. The van der Waals surface area contributed by atoms with Crippen molar-refractivity contribution in [3.8, 4) is 0 Å². The Kier molecular flexibility index (Phi) is 2.96. The van der Waals surface area contributed by atoms with Crippen molar-refractivity contribution >= 4 is 23.1 Å². The van der Waals surface area contributed by atoms with E-state index in [0.717, 1.165) is 12.5 Å². The smallest absolute Gasteiger partial charge is 0.0885 e. The van der Waals surface area contributed by atoms with Crippen LogP contribution in [-0.4, -0.2) is 12.3 Å². The van der Waals surface area contributed by atoms with E-state index in [4.69, 9.17) is 0 Å². The van der Waals surface area contributed by atoms with Crippen LogP contribution in [0.5, 0.6) is 0 Å². The molecule has 1 nitrogen and oxygen atoms in total. The number of nitrogens with one attached hydrogen (secondary N) is 1. The standard InChI is InChI=1S/C10H15NS2/c1-7-5-11-10(13-6-7)9-8(2)3-4-12-9/h3-4,7,10-11H,5-6H2,1-2H3. The van der Waals surface area contributed by atoms with Crippen molar-refractivity contribution in [3.05, 3.63) is 21.9 Å². The van der Waals surface area contributed by atoms with Crippen molar-refractivity contribution in [2.24, 2.45) is 5.92 Å². The Hall–Kier alpha value is 0.01000. The van der Waals surface area contributed by atoms with E-state index in [-0.39, 0.29) is 0 Å². The maximum absolute atomic E-state index is 3.59. The lowest BCUT2D eigenvalue weighted by Gasteiger charge is -2.27. The average molecular weight is 213 g/mol. The van der Waals surface area contributed by atoms with Crippen LogP contribution < -0.4 is 5.32 Å². The van der Waals surface area contributed by atoms with E-state index in [1.807, 2.05) is 23.1 Å². The van der Waals surface area contributed by atoms with E-state index >= 15 is 0 Å². The molecule has 1 aromatic rings. The first-order valence-corrected chi connectivity index (χ1v) is 6.59. The van der Waals surface area contributed by atoms with Gasteiger partial charge in [-0.3, -0.25) is 0 Å². The first kappa shape index (κ1) is 9.56. The highest BCUT2D eigenvalue weighted by Gasteiger charge is 2.21. The number of thiophene rings is 1. The summed E-state index contributed by atoms with van der Waals surface area (Å²) < 4.78 is 0. The molecule has 0 aromatic carbocycles. The summed E-state index contributed by atoms with van der Waals surface area (Å²) in [6.07, 6.45) is 0.